The van der Waals surface area contributed by atoms with Gasteiger partial charge in [0.2, 0.25) is 0 Å². The molecule has 3 rings (SSSR count). The second kappa shape index (κ2) is 9.32. The number of aryl methyl sites for hydroxylation is 1. The molecule has 0 radical (unpaired) electrons. The molecular formula is C22H23F3N2O4S. The number of anilines is 1. The van der Waals surface area contributed by atoms with Gasteiger partial charge in [0, 0.05) is 16.6 Å². The normalized spacial score (nSPS) is 16.1. The Labute approximate surface area is 187 Å². The van der Waals surface area contributed by atoms with E-state index in [0.717, 1.165) is 41.0 Å². The summed E-state index contributed by atoms with van der Waals surface area (Å²) in [5.74, 6) is -1.24. The molecule has 2 aromatic carbocycles. The van der Waals surface area contributed by atoms with Gasteiger partial charge in [-0.2, -0.15) is 0 Å². The van der Waals surface area contributed by atoms with Crippen molar-refractivity contribution >= 4 is 29.4 Å². The summed E-state index contributed by atoms with van der Waals surface area (Å²) in [5, 5.41) is 14.8. The molecule has 1 atom stereocenters. The molecule has 6 nitrogen and oxygen atoms in total. The number of fused-ring (bicyclic) bond motifs is 1. The lowest BCUT2D eigenvalue weighted by molar-refractivity contribution is -0.274. The number of urea groups is 1. The molecule has 1 aliphatic rings. The van der Waals surface area contributed by atoms with Gasteiger partial charge in [-0.1, -0.05) is 6.07 Å². The Balaban J connectivity index is 1.54. The van der Waals surface area contributed by atoms with Crippen LogP contribution in [0.5, 0.6) is 5.75 Å². The molecule has 0 aliphatic heterocycles. The van der Waals surface area contributed by atoms with Gasteiger partial charge in [0.25, 0.3) is 0 Å². The zero-order valence-electron chi connectivity index (χ0n) is 17.5. The summed E-state index contributed by atoms with van der Waals surface area (Å²) in [4.78, 5) is 24.5. The highest BCUT2D eigenvalue weighted by atomic mass is 32.2. The number of thioether (sulfide) groups is 1. The summed E-state index contributed by atoms with van der Waals surface area (Å²) in [6.45, 7) is 3.32. The third kappa shape index (κ3) is 6.56. The van der Waals surface area contributed by atoms with E-state index in [-0.39, 0.29) is 11.8 Å². The number of alkyl halides is 3. The molecule has 172 valence electrons. The summed E-state index contributed by atoms with van der Waals surface area (Å²) in [5.41, 5.74) is 2.57. The second-order valence-electron chi connectivity index (χ2n) is 7.96. The standard InChI is InChI=1S/C22H23F3N2O4S/c1-21(2,19(28)29)32-18-10-4-13-11-16(5-3-14(13)12-18)27-20(30)26-15-6-8-17(9-7-15)31-22(23,24)25/h4,6-10,12,16H,3,5,11H2,1-2H3,(H,28,29)(H2,26,27,30). The quantitative estimate of drug-likeness (QED) is 0.506. The van der Waals surface area contributed by atoms with E-state index in [9.17, 15) is 27.9 Å². The number of benzene rings is 2. The van der Waals surface area contributed by atoms with E-state index in [1.54, 1.807) is 13.8 Å². The average molecular weight is 468 g/mol. The van der Waals surface area contributed by atoms with Crippen LogP contribution in [-0.2, 0) is 17.6 Å². The Morgan fingerprint density at radius 3 is 2.41 bits per heavy atom. The van der Waals surface area contributed by atoms with Gasteiger partial charge in [-0.05, 0) is 80.6 Å². The number of hydrogen-bond donors (Lipinski definition) is 3. The summed E-state index contributed by atoms with van der Waals surface area (Å²) in [6.07, 6.45) is -2.68. The van der Waals surface area contributed by atoms with Crippen LogP contribution in [0.4, 0.5) is 23.7 Å². The van der Waals surface area contributed by atoms with Gasteiger partial charge in [-0.15, -0.1) is 24.9 Å². The molecule has 32 heavy (non-hydrogen) atoms. The minimum Gasteiger partial charge on any atom is -0.480 e. The Kier molecular flexibility index (Phi) is 6.92. The highest BCUT2D eigenvalue weighted by molar-refractivity contribution is 8.01. The van der Waals surface area contributed by atoms with E-state index >= 15 is 0 Å². The zero-order valence-corrected chi connectivity index (χ0v) is 18.3. The number of aliphatic carboxylic acids is 1. The summed E-state index contributed by atoms with van der Waals surface area (Å²) >= 11 is 1.29. The second-order valence-corrected chi connectivity index (χ2v) is 9.65. The van der Waals surface area contributed by atoms with Crippen molar-refractivity contribution in [3.8, 4) is 5.75 Å². The van der Waals surface area contributed by atoms with Crippen molar-refractivity contribution in [3.63, 3.8) is 0 Å². The number of amides is 2. The van der Waals surface area contributed by atoms with Crippen LogP contribution in [0.1, 0.15) is 31.4 Å². The number of halogens is 3. The molecule has 0 spiro atoms. The number of ether oxygens (including phenoxy) is 1. The highest BCUT2D eigenvalue weighted by Gasteiger charge is 2.31. The maximum atomic E-state index is 12.3. The van der Waals surface area contributed by atoms with Crippen LogP contribution in [0.2, 0.25) is 0 Å². The molecule has 0 fully saturated rings. The van der Waals surface area contributed by atoms with Crippen LogP contribution in [0.25, 0.3) is 0 Å². The minimum atomic E-state index is -4.77. The monoisotopic (exact) mass is 468 g/mol. The van der Waals surface area contributed by atoms with Crippen molar-refractivity contribution in [1.82, 2.24) is 5.32 Å². The number of carbonyl (C=O) groups excluding carboxylic acids is 1. The number of hydrogen-bond acceptors (Lipinski definition) is 4. The first-order valence-electron chi connectivity index (χ1n) is 9.89. The zero-order chi connectivity index (χ0) is 23.5. The molecule has 0 heterocycles. The molecule has 0 saturated heterocycles. The third-order valence-corrected chi connectivity index (χ3v) is 6.15. The van der Waals surface area contributed by atoms with Crippen LogP contribution in [0.3, 0.4) is 0 Å². The van der Waals surface area contributed by atoms with Crippen LogP contribution in [0.15, 0.2) is 47.4 Å². The summed E-state index contributed by atoms with van der Waals surface area (Å²) in [7, 11) is 0. The molecule has 2 aromatic rings. The Hall–Kier alpha value is -2.88. The average Bonchev–Trinajstić information content (AvgIpc) is 2.68. The molecule has 0 bridgehead atoms. The van der Waals surface area contributed by atoms with Crippen molar-refractivity contribution < 1.29 is 32.6 Å². The predicted octanol–water partition coefficient (Wildman–Crippen LogP) is 5.22. The number of carboxylic acid groups (broad SMARTS) is 1. The molecule has 1 aliphatic carbocycles. The smallest absolute Gasteiger partial charge is 0.480 e. The van der Waals surface area contributed by atoms with Crippen molar-refractivity contribution in [2.75, 3.05) is 5.32 Å². The molecule has 0 aromatic heterocycles. The molecule has 10 heteroatoms. The first-order chi connectivity index (χ1) is 14.9. The van der Waals surface area contributed by atoms with E-state index in [0.29, 0.717) is 12.1 Å². The molecule has 0 saturated carbocycles. The van der Waals surface area contributed by atoms with E-state index in [1.807, 2.05) is 18.2 Å². The van der Waals surface area contributed by atoms with Crippen LogP contribution in [-0.4, -0.2) is 34.3 Å². The summed E-state index contributed by atoms with van der Waals surface area (Å²) < 4.78 is 39.5. The Morgan fingerprint density at radius 1 is 1.09 bits per heavy atom. The van der Waals surface area contributed by atoms with E-state index < -0.39 is 23.1 Å². The van der Waals surface area contributed by atoms with Crippen LogP contribution < -0.4 is 15.4 Å². The maximum Gasteiger partial charge on any atom is 0.573 e. The van der Waals surface area contributed by atoms with Gasteiger partial charge in [0.05, 0.1) is 0 Å². The van der Waals surface area contributed by atoms with Crippen molar-refractivity contribution in [3.05, 3.63) is 53.6 Å². The van der Waals surface area contributed by atoms with E-state index in [1.165, 1.54) is 23.9 Å². The van der Waals surface area contributed by atoms with Crippen LogP contribution >= 0.6 is 11.8 Å². The number of carbonyl (C=O) groups is 2. The van der Waals surface area contributed by atoms with Crippen molar-refractivity contribution in [1.29, 1.82) is 0 Å². The van der Waals surface area contributed by atoms with E-state index in [4.69, 9.17) is 0 Å². The molecular weight excluding hydrogens is 445 g/mol. The number of rotatable bonds is 6. The predicted molar refractivity (Wildman–Crippen MR) is 115 cm³/mol. The van der Waals surface area contributed by atoms with Gasteiger partial charge in [0.15, 0.2) is 0 Å². The topological polar surface area (TPSA) is 87.7 Å². The first-order valence-corrected chi connectivity index (χ1v) is 10.7. The molecule has 1 unspecified atom stereocenters. The van der Waals surface area contributed by atoms with Gasteiger partial charge < -0.3 is 20.5 Å². The molecule has 3 N–H and O–H groups in total. The third-order valence-electron chi connectivity index (χ3n) is 4.98. The van der Waals surface area contributed by atoms with E-state index in [2.05, 4.69) is 15.4 Å². The summed E-state index contributed by atoms with van der Waals surface area (Å²) in [6, 6.07) is 10.2. The number of nitrogens with one attached hydrogen (secondary N) is 2. The lowest BCUT2D eigenvalue weighted by atomic mass is 9.88. The fourth-order valence-electron chi connectivity index (χ4n) is 3.35. The van der Waals surface area contributed by atoms with Crippen molar-refractivity contribution in [2.24, 2.45) is 0 Å². The lowest BCUT2D eigenvalue weighted by Crippen LogP contribution is -2.41. The Morgan fingerprint density at radius 2 is 1.78 bits per heavy atom. The lowest BCUT2D eigenvalue weighted by Gasteiger charge is -2.27. The highest BCUT2D eigenvalue weighted by Crippen LogP contribution is 2.35. The van der Waals surface area contributed by atoms with Gasteiger partial charge >= 0.3 is 18.4 Å². The SMILES string of the molecule is CC(C)(Sc1ccc2c(c1)CCC(NC(=O)Nc1ccc(OC(F)(F)F)cc1)C2)C(=O)O. The fraction of sp³-hybridized carbons (Fsp3) is 0.364. The largest absolute Gasteiger partial charge is 0.573 e. The first kappa shape index (κ1) is 23.8. The maximum absolute atomic E-state index is 12.3. The number of carboxylic acids is 1. The van der Waals surface area contributed by atoms with Gasteiger partial charge in [-0.25, -0.2) is 4.79 Å². The van der Waals surface area contributed by atoms with Gasteiger partial charge in [-0.3, -0.25) is 4.79 Å². The fourth-order valence-corrected chi connectivity index (χ4v) is 4.36. The Bertz CT molecular complexity index is 994. The van der Waals surface area contributed by atoms with Crippen molar-refractivity contribution in [2.45, 2.75) is 55.2 Å². The van der Waals surface area contributed by atoms with Gasteiger partial charge in [0.1, 0.15) is 10.5 Å². The minimum absolute atomic E-state index is 0.0932. The van der Waals surface area contributed by atoms with Crippen LogP contribution in [0, 0.1) is 0 Å². The molecule has 2 amide bonds.